The molecule has 0 aliphatic heterocycles. The maximum atomic E-state index is 12.3. The van der Waals surface area contributed by atoms with Crippen LogP contribution < -0.4 is 15.2 Å². The van der Waals surface area contributed by atoms with E-state index in [9.17, 15) is 4.79 Å². The van der Waals surface area contributed by atoms with Crippen LogP contribution >= 0.6 is 0 Å². The number of benzene rings is 2. The number of nitrogens with zero attached hydrogens (tertiary/aromatic N) is 1. The van der Waals surface area contributed by atoms with Gasteiger partial charge in [-0.1, -0.05) is 18.2 Å². The van der Waals surface area contributed by atoms with Crippen LogP contribution in [0.15, 0.2) is 54.6 Å². The maximum Gasteiger partial charge on any atom is 0.286 e. The van der Waals surface area contributed by atoms with E-state index in [4.69, 9.17) is 4.74 Å². The summed E-state index contributed by atoms with van der Waals surface area (Å²) >= 11 is 0. The molecule has 1 aromatic heterocycles. The molecule has 3 aromatic rings. The average Bonchev–Trinajstić information content (AvgIpc) is 2.98. The Labute approximate surface area is 128 Å². The van der Waals surface area contributed by atoms with Gasteiger partial charge in [-0.05, 0) is 30.3 Å². The van der Waals surface area contributed by atoms with Crippen LogP contribution in [0.2, 0.25) is 0 Å². The number of hydrazine groups is 1. The highest BCUT2D eigenvalue weighted by Crippen LogP contribution is 2.21. The number of aromatic nitrogens is 1. The Morgan fingerprint density at radius 1 is 1.14 bits per heavy atom. The Hall–Kier alpha value is -2.95. The Morgan fingerprint density at radius 3 is 2.64 bits per heavy atom. The van der Waals surface area contributed by atoms with E-state index in [0.717, 1.165) is 22.3 Å². The van der Waals surface area contributed by atoms with Crippen LogP contribution in [-0.2, 0) is 0 Å². The summed E-state index contributed by atoms with van der Waals surface area (Å²) in [6.07, 6.45) is 0. The van der Waals surface area contributed by atoms with Gasteiger partial charge in [-0.3, -0.25) is 15.2 Å². The third-order valence-corrected chi connectivity index (χ3v) is 3.49. The monoisotopic (exact) mass is 295 g/mol. The number of anilines is 1. The zero-order chi connectivity index (χ0) is 15.5. The molecule has 1 amide bonds. The lowest BCUT2D eigenvalue weighted by atomic mass is 10.2. The first kappa shape index (κ1) is 14.0. The predicted molar refractivity (Wildman–Crippen MR) is 87.2 cm³/mol. The summed E-state index contributed by atoms with van der Waals surface area (Å²) < 4.78 is 5.19. The molecule has 0 bridgehead atoms. The summed E-state index contributed by atoms with van der Waals surface area (Å²) in [5, 5.41) is 2.65. The molecule has 0 unspecified atom stereocenters. The normalized spacial score (nSPS) is 10.5. The number of fused-ring (bicyclic) bond motifs is 1. The molecule has 3 rings (SSSR count). The first-order chi connectivity index (χ1) is 10.7. The number of amides is 1. The predicted octanol–water partition coefficient (Wildman–Crippen LogP) is 2.96. The molecule has 0 aliphatic carbocycles. The van der Waals surface area contributed by atoms with Gasteiger partial charge in [-0.15, -0.1) is 0 Å². The van der Waals surface area contributed by atoms with Crippen molar-refractivity contribution in [2.75, 3.05) is 19.2 Å². The summed E-state index contributed by atoms with van der Waals surface area (Å²) in [5.74, 6) is 0.559. The Morgan fingerprint density at radius 2 is 1.91 bits per heavy atom. The molecule has 0 radical (unpaired) electrons. The van der Waals surface area contributed by atoms with E-state index in [0.29, 0.717) is 5.69 Å². The number of ether oxygens (including phenoxy) is 1. The van der Waals surface area contributed by atoms with E-state index in [2.05, 4.69) is 10.4 Å². The highest BCUT2D eigenvalue weighted by molar-refractivity contribution is 5.98. The number of methoxy groups -OCH3 is 1. The van der Waals surface area contributed by atoms with Gasteiger partial charge in [-0.25, -0.2) is 0 Å². The lowest BCUT2D eigenvalue weighted by Gasteiger charge is -2.19. The van der Waals surface area contributed by atoms with E-state index < -0.39 is 0 Å². The SMILES string of the molecule is COc1ccc2cc(C(=O)NN(C)c3ccccc3)[nH]c2c1. The summed E-state index contributed by atoms with van der Waals surface area (Å²) in [5.41, 5.74) is 5.12. The van der Waals surface area contributed by atoms with Crippen LogP contribution in [0.3, 0.4) is 0 Å². The number of hydrogen-bond acceptors (Lipinski definition) is 3. The van der Waals surface area contributed by atoms with Crippen molar-refractivity contribution in [1.82, 2.24) is 10.4 Å². The average molecular weight is 295 g/mol. The van der Waals surface area contributed by atoms with E-state index in [1.807, 2.05) is 54.6 Å². The van der Waals surface area contributed by atoms with Crippen LogP contribution in [0.5, 0.6) is 5.75 Å². The van der Waals surface area contributed by atoms with Crippen molar-refractivity contribution in [3.63, 3.8) is 0 Å². The number of rotatable bonds is 4. The quantitative estimate of drug-likeness (QED) is 0.728. The molecule has 0 atom stereocenters. The minimum absolute atomic E-state index is 0.193. The van der Waals surface area contributed by atoms with Crippen LogP contribution in [0.4, 0.5) is 5.69 Å². The van der Waals surface area contributed by atoms with Gasteiger partial charge < -0.3 is 9.72 Å². The highest BCUT2D eigenvalue weighted by atomic mass is 16.5. The van der Waals surface area contributed by atoms with Gasteiger partial charge >= 0.3 is 0 Å². The largest absolute Gasteiger partial charge is 0.497 e. The number of H-pyrrole nitrogens is 1. The molecule has 0 fully saturated rings. The van der Waals surface area contributed by atoms with Crippen molar-refractivity contribution in [2.45, 2.75) is 0 Å². The maximum absolute atomic E-state index is 12.3. The smallest absolute Gasteiger partial charge is 0.286 e. The van der Waals surface area contributed by atoms with Gasteiger partial charge in [-0.2, -0.15) is 0 Å². The fourth-order valence-electron chi connectivity index (χ4n) is 2.28. The standard InChI is InChI=1S/C17H17N3O2/c1-20(13-6-4-3-5-7-13)19-17(21)16-10-12-8-9-14(22-2)11-15(12)18-16/h3-11,18H,1-2H3,(H,19,21). The molecular weight excluding hydrogens is 278 g/mol. The third-order valence-electron chi connectivity index (χ3n) is 3.49. The summed E-state index contributed by atoms with van der Waals surface area (Å²) in [6.45, 7) is 0. The van der Waals surface area contributed by atoms with Crippen molar-refractivity contribution in [1.29, 1.82) is 0 Å². The van der Waals surface area contributed by atoms with Gasteiger partial charge in [0.05, 0.1) is 12.8 Å². The molecule has 1 heterocycles. The molecule has 5 nitrogen and oxygen atoms in total. The zero-order valence-corrected chi connectivity index (χ0v) is 12.5. The molecule has 2 aromatic carbocycles. The molecule has 0 saturated heterocycles. The molecule has 2 N–H and O–H groups in total. The van der Waals surface area contributed by atoms with Crippen molar-refractivity contribution in [2.24, 2.45) is 0 Å². The second-order valence-electron chi connectivity index (χ2n) is 4.97. The van der Waals surface area contributed by atoms with E-state index in [1.54, 1.807) is 19.2 Å². The van der Waals surface area contributed by atoms with Crippen molar-refractivity contribution in [3.05, 3.63) is 60.3 Å². The van der Waals surface area contributed by atoms with E-state index in [1.165, 1.54) is 0 Å². The number of nitrogens with one attached hydrogen (secondary N) is 2. The molecular formula is C17H17N3O2. The Kier molecular flexibility index (Phi) is 3.70. The number of para-hydroxylation sites is 1. The van der Waals surface area contributed by atoms with Gasteiger partial charge in [0.2, 0.25) is 0 Å². The van der Waals surface area contributed by atoms with Crippen LogP contribution in [-0.4, -0.2) is 25.0 Å². The number of aromatic amines is 1. The third kappa shape index (κ3) is 2.74. The molecule has 22 heavy (non-hydrogen) atoms. The van der Waals surface area contributed by atoms with Crippen LogP contribution in [0, 0.1) is 0 Å². The lowest BCUT2D eigenvalue weighted by Crippen LogP contribution is -2.39. The minimum Gasteiger partial charge on any atom is -0.497 e. The van der Waals surface area contributed by atoms with Crippen LogP contribution in [0.25, 0.3) is 10.9 Å². The highest BCUT2D eigenvalue weighted by Gasteiger charge is 2.12. The minimum atomic E-state index is -0.193. The van der Waals surface area contributed by atoms with E-state index >= 15 is 0 Å². The van der Waals surface area contributed by atoms with Crippen LogP contribution in [0.1, 0.15) is 10.5 Å². The first-order valence-electron chi connectivity index (χ1n) is 6.94. The topological polar surface area (TPSA) is 57.4 Å². The molecule has 0 aliphatic rings. The first-order valence-corrected chi connectivity index (χ1v) is 6.94. The summed E-state index contributed by atoms with van der Waals surface area (Å²) in [4.78, 5) is 15.4. The summed E-state index contributed by atoms with van der Waals surface area (Å²) in [6, 6.07) is 17.1. The lowest BCUT2D eigenvalue weighted by molar-refractivity contribution is 0.0947. The fraction of sp³-hybridized carbons (Fsp3) is 0.118. The van der Waals surface area contributed by atoms with Crippen molar-refractivity contribution >= 4 is 22.5 Å². The van der Waals surface area contributed by atoms with Gasteiger partial charge in [0.25, 0.3) is 5.91 Å². The second kappa shape index (κ2) is 5.81. The zero-order valence-electron chi connectivity index (χ0n) is 12.5. The van der Waals surface area contributed by atoms with Crippen molar-refractivity contribution < 1.29 is 9.53 Å². The van der Waals surface area contributed by atoms with Gasteiger partial charge in [0.15, 0.2) is 0 Å². The molecule has 112 valence electrons. The number of hydrogen-bond donors (Lipinski definition) is 2. The second-order valence-corrected chi connectivity index (χ2v) is 4.97. The van der Waals surface area contributed by atoms with Crippen molar-refractivity contribution in [3.8, 4) is 5.75 Å². The molecule has 0 spiro atoms. The number of carbonyl (C=O) groups excluding carboxylic acids is 1. The number of carbonyl (C=O) groups is 1. The van der Waals surface area contributed by atoms with E-state index in [-0.39, 0.29) is 5.91 Å². The Balaban J connectivity index is 1.80. The Bertz CT molecular complexity index is 796. The van der Waals surface area contributed by atoms with Gasteiger partial charge in [0, 0.05) is 24.0 Å². The molecule has 5 heteroatoms. The fourth-order valence-corrected chi connectivity index (χ4v) is 2.28. The molecule has 0 saturated carbocycles. The summed E-state index contributed by atoms with van der Waals surface area (Å²) in [7, 11) is 3.42. The van der Waals surface area contributed by atoms with Gasteiger partial charge in [0.1, 0.15) is 11.4 Å².